The molecular weight excluding hydrogens is 354 g/mol. The van der Waals surface area contributed by atoms with Gasteiger partial charge in [0.25, 0.3) is 0 Å². The summed E-state index contributed by atoms with van der Waals surface area (Å²) < 4.78 is 0. The van der Waals surface area contributed by atoms with Crippen molar-refractivity contribution in [1.82, 2.24) is 0 Å². The van der Waals surface area contributed by atoms with Crippen LogP contribution < -0.4 is 0 Å². The summed E-state index contributed by atoms with van der Waals surface area (Å²) in [7, 11) is 0. The molecule has 0 bridgehead atoms. The Bertz CT molecular complexity index is 240. The van der Waals surface area contributed by atoms with Gasteiger partial charge in [-0.05, 0) is 0 Å². The van der Waals surface area contributed by atoms with Crippen LogP contribution >= 0.6 is 5.45 Å². The number of rotatable bonds is 3. The molecule has 0 nitrogen and oxygen atoms in total. The van der Waals surface area contributed by atoms with Crippen LogP contribution in [0.5, 0.6) is 0 Å². The van der Waals surface area contributed by atoms with Crippen molar-refractivity contribution in [1.29, 1.82) is 0 Å². The average molecular weight is 388 g/mol. The van der Waals surface area contributed by atoms with Gasteiger partial charge < -0.3 is 0 Å². The molecule has 3 saturated carbocycles. The first-order valence-corrected chi connectivity index (χ1v) is 13.9. The molecule has 3 aliphatic carbocycles. The predicted molar refractivity (Wildman–Crippen MR) is 88.9 cm³/mol. The van der Waals surface area contributed by atoms with Crippen molar-refractivity contribution >= 4 is 5.45 Å². The van der Waals surface area contributed by atoms with Crippen LogP contribution in [0.4, 0.5) is 0 Å². The Hall–Kier alpha value is 1.09. The van der Waals surface area contributed by atoms with E-state index in [1.807, 2.05) is 0 Å². The summed E-state index contributed by atoms with van der Waals surface area (Å²) in [5, 5.41) is 0. The molecule has 0 aromatic carbocycles. The molecule has 0 radical (unpaired) electrons. The molecule has 0 heterocycles. The summed E-state index contributed by atoms with van der Waals surface area (Å²) >= 11 is 4.27. The molecule has 20 heavy (non-hydrogen) atoms. The molecule has 0 spiro atoms. The second-order valence-electron chi connectivity index (χ2n) is 7.78. The zero-order chi connectivity index (χ0) is 13.8. The van der Waals surface area contributed by atoms with Crippen LogP contribution in [-0.4, -0.2) is 17.0 Å². The molecule has 0 N–H and O–H groups in total. The van der Waals surface area contributed by atoms with E-state index in [-0.39, 0.29) is 0 Å². The van der Waals surface area contributed by atoms with Gasteiger partial charge in [0, 0.05) is 0 Å². The third-order valence-corrected chi connectivity index (χ3v) is 17.7. The quantitative estimate of drug-likeness (QED) is 0.399. The Kier molecular flexibility index (Phi) is 6.05. The van der Waals surface area contributed by atoms with Gasteiger partial charge >= 0.3 is 137 Å². The van der Waals surface area contributed by atoms with Crippen LogP contribution in [0.1, 0.15) is 96.3 Å². The molecule has 3 aliphatic rings. The van der Waals surface area contributed by atoms with Crippen LogP contribution in [0.3, 0.4) is 0 Å². The van der Waals surface area contributed by atoms with E-state index in [4.69, 9.17) is 0 Å². The van der Waals surface area contributed by atoms with Crippen molar-refractivity contribution in [3.05, 3.63) is 0 Å². The summed E-state index contributed by atoms with van der Waals surface area (Å²) in [6.07, 6.45) is 23.3. The SMILES string of the molecule is [Pd][PH](C1CCCCC1)(C1CCCCC1)C1CCCCC1. The zero-order valence-electron chi connectivity index (χ0n) is 13.2. The van der Waals surface area contributed by atoms with Gasteiger partial charge in [-0.15, -0.1) is 0 Å². The predicted octanol–water partition coefficient (Wildman–Crippen LogP) is 6.20. The molecule has 0 aliphatic heterocycles. The second kappa shape index (κ2) is 7.58. The number of hydrogen-bond acceptors (Lipinski definition) is 0. The van der Waals surface area contributed by atoms with Gasteiger partial charge in [-0.1, -0.05) is 0 Å². The van der Waals surface area contributed by atoms with Gasteiger partial charge in [-0.25, -0.2) is 0 Å². The standard InChI is InChI=1S/C18H33P.Pd/c1-4-10-16(11-5-1)19(17-12-6-2-7-13-17)18-14-8-3-9-15-18;/h16-18H,1-15H2;/q;-1/p+1. The van der Waals surface area contributed by atoms with E-state index in [0.29, 0.717) is 0 Å². The van der Waals surface area contributed by atoms with Crippen molar-refractivity contribution in [2.45, 2.75) is 113 Å². The van der Waals surface area contributed by atoms with Crippen LogP contribution in [0.2, 0.25) is 0 Å². The van der Waals surface area contributed by atoms with Gasteiger partial charge in [0.05, 0.1) is 0 Å². The van der Waals surface area contributed by atoms with E-state index in [2.05, 4.69) is 18.7 Å². The maximum atomic E-state index is 4.27. The Labute approximate surface area is 137 Å². The third kappa shape index (κ3) is 3.37. The molecule has 0 atom stereocenters. The van der Waals surface area contributed by atoms with E-state index in [9.17, 15) is 0 Å². The van der Waals surface area contributed by atoms with Crippen molar-refractivity contribution < 1.29 is 18.7 Å². The Balaban J connectivity index is 1.79. The average Bonchev–Trinajstić information content (AvgIpc) is 2.56. The van der Waals surface area contributed by atoms with Gasteiger partial charge in [-0.2, -0.15) is 0 Å². The molecule has 0 unspecified atom stereocenters. The molecule has 2 heteroatoms. The van der Waals surface area contributed by atoms with Crippen LogP contribution in [0.25, 0.3) is 0 Å². The minimum absolute atomic E-state index is 1.14. The topological polar surface area (TPSA) is 0 Å². The minimum atomic E-state index is -1.20. The molecule has 0 aromatic rings. The normalized spacial score (nSPS) is 29.5. The zero-order valence-corrected chi connectivity index (χ0v) is 15.7. The summed E-state index contributed by atoms with van der Waals surface area (Å²) in [5.74, 6) is 0. The Morgan fingerprint density at radius 2 is 0.700 bits per heavy atom. The summed E-state index contributed by atoms with van der Waals surface area (Å²) in [5.41, 5.74) is 2.23. The first-order chi connectivity index (χ1) is 9.82. The van der Waals surface area contributed by atoms with Crippen LogP contribution in [-0.2, 0) is 18.7 Å². The number of hydrogen-bond donors (Lipinski definition) is 0. The molecule has 3 rings (SSSR count). The molecule has 0 amide bonds. The van der Waals surface area contributed by atoms with E-state index in [0.717, 1.165) is 17.0 Å². The fourth-order valence-corrected chi connectivity index (χ4v) is 15.4. The first-order valence-electron chi connectivity index (χ1n) is 9.47. The van der Waals surface area contributed by atoms with E-state index >= 15 is 0 Å². The Morgan fingerprint density at radius 3 is 0.950 bits per heavy atom. The fourth-order valence-electron chi connectivity index (χ4n) is 5.58. The monoisotopic (exact) mass is 387 g/mol. The maximum absolute atomic E-state index is 4.27. The van der Waals surface area contributed by atoms with Gasteiger partial charge in [-0.3, -0.25) is 0 Å². The van der Waals surface area contributed by atoms with E-state index < -0.39 is 5.45 Å². The summed E-state index contributed by atoms with van der Waals surface area (Å²) in [4.78, 5) is 0. The van der Waals surface area contributed by atoms with Crippen molar-refractivity contribution in [3.8, 4) is 0 Å². The van der Waals surface area contributed by atoms with Crippen molar-refractivity contribution in [2.24, 2.45) is 0 Å². The Morgan fingerprint density at radius 1 is 0.450 bits per heavy atom. The first kappa shape index (κ1) is 16.0. The molecule has 3 fully saturated rings. The third-order valence-electron chi connectivity index (χ3n) is 6.62. The summed E-state index contributed by atoms with van der Waals surface area (Å²) in [6, 6.07) is 0. The van der Waals surface area contributed by atoms with Crippen molar-refractivity contribution in [3.63, 3.8) is 0 Å². The summed E-state index contributed by atoms with van der Waals surface area (Å²) in [6.45, 7) is 0. The van der Waals surface area contributed by atoms with Crippen LogP contribution in [0, 0.1) is 0 Å². The van der Waals surface area contributed by atoms with E-state index in [1.165, 1.54) is 57.8 Å². The molecule has 121 valence electrons. The van der Waals surface area contributed by atoms with Gasteiger partial charge in [0.1, 0.15) is 0 Å². The second-order valence-corrected chi connectivity index (χ2v) is 15.8. The fraction of sp³-hybridized carbons (Fsp3) is 1.00. The van der Waals surface area contributed by atoms with Gasteiger partial charge in [0.2, 0.25) is 0 Å². The van der Waals surface area contributed by atoms with Gasteiger partial charge in [0.15, 0.2) is 0 Å². The molecular formula is C18H34PPd. The van der Waals surface area contributed by atoms with Crippen molar-refractivity contribution in [2.75, 3.05) is 0 Å². The van der Waals surface area contributed by atoms with E-state index in [1.54, 1.807) is 38.5 Å². The molecule has 0 saturated heterocycles. The molecule has 0 aromatic heterocycles. The van der Waals surface area contributed by atoms with Crippen LogP contribution in [0.15, 0.2) is 0 Å².